The van der Waals surface area contributed by atoms with Crippen molar-refractivity contribution in [1.82, 2.24) is 4.90 Å². The van der Waals surface area contributed by atoms with Gasteiger partial charge in [0.15, 0.2) is 0 Å². The highest BCUT2D eigenvalue weighted by Gasteiger charge is 2.37. The van der Waals surface area contributed by atoms with Gasteiger partial charge in [0.1, 0.15) is 0 Å². The van der Waals surface area contributed by atoms with Crippen LogP contribution in [-0.4, -0.2) is 41.8 Å². The molecule has 4 unspecified atom stereocenters. The van der Waals surface area contributed by atoms with Crippen molar-refractivity contribution in [3.8, 4) is 0 Å². The van der Waals surface area contributed by atoms with Gasteiger partial charge in [-0.05, 0) is 36.5 Å². The fourth-order valence-electron chi connectivity index (χ4n) is 3.73. The second-order valence-electron chi connectivity index (χ2n) is 7.26. The molecule has 0 bridgehead atoms. The highest BCUT2D eigenvalue weighted by atomic mass is 16.3. The molecule has 0 aromatic heterocycles. The van der Waals surface area contributed by atoms with Gasteiger partial charge >= 0.3 is 0 Å². The first-order valence-corrected chi connectivity index (χ1v) is 7.56. The Morgan fingerprint density at radius 3 is 2.72 bits per heavy atom. The maximum absolute atomic E-state index is 9.79. The van der Waals surface area contributed by atoms with Crippen LogP contribution in [0.3, 0.4) is 0 Å². The molecule has 0 amide bonds. The van der Waals surface area contributed by atoms with E-state index in [4.69, 9.17) is 5.73 Å². The molecule has 4 atom stereocenters. The highest BCUT2D eigenvalue weighted by Crippen LogP contribution is 2.38. The third-order valence-electron chi connectivity index (χ3n) is 5.24. The van der Waals surface area contributed by atoms with E-state index in [1.807, 2.05) is 0 Å². The molecule has 2 rings (SSSR count). The predicted octanol–water partition coefficient (Wildman–Crippen LogP) is 1.84. The van der Waals surface area contributed by atoms with Crippen LogP contribution in [0.5, 0.6) is 0 Å². The van der Waals surface area contributed by atoms with Crippen LogP contribution >= 0.6 is 0 Å². The lowest BCUT2D eigenvalue weighted by atomic mass is 9.68. The summed E-state index contributed by atoms with van der Waals surface area (Å²) in [5.74, 6) is 1.04. The van der Waals surface area contributed by atoms with Crippen molar-refractivity contribution in [2.24, 2.45) is 23.0 Å². The number of rotatable bonds is 2. The molecule has 0 spiro atoms. The number of nitrogens with zero attached hydrogens (tertiary/aromatic N) is 1. The third kappa shape index (κ3) is 3.06. The number of piperidine rings is 1. The van der Waals surface area contributed by atoms with Crippen molar-refractivity contribution >= 4 is 0 Å². The summed E-state index contributed by atoms with van der Waals surface area (Å²) in [7, 11) is 0. The second-order valence-corrected chi connectivity index (χ2v) is 7.26. The van der Waals surface area contributed by atoms with Crippen LogP contribution in [0.2, 0.25) is 0 Å². The zero-order valence-electron chi connectivity index (χ0n) is 12.2. The number of likely N-dealkylation sites (tertiary alicyclic amines) is 1. The Hall–Kier alpha value is -0.120. The molecule has 3 nitrogen and oxygen atoms in total. The lowest BCUT2D eigenvalue weighted by molar-refractivity contribution is 0.0172. The van der Waals surface area contributed by atoms with Gasteiger partial charge in [-0.15, -0.1) is 0 Å². The number of hydrogen-bond acceptors (Lipinski definition) is 3. The van der Waals surface area contributed by atoms with Crippen LogP contribution in [0, 0.1) is 17.3 Å². The number of nitrogens with two attached hydrogens (primary N) is 1. The standard InChI is InChI=1S/C15H30N2O/c1-11-9-17(8-6-13(11)18)10-12-5-4-7-15(2,3)14(12)16/h11-14,18H,4-10,16H2,1-3H3. The number of hydrogen-bond donors (Lipinski definition) is 2. The Bertz CT molecular complexity index is 280. The van der Waals surface area contributed by atoms with Gasteiger partial charge in [0, 0.05) is 25.7 Å². The summed E-state index contributed by atoms with van der Waals surface area (Å²) in [6.45, 7) is 9.97. The van der Waals surface area contributed by atoms with Gasteiger partial charge in [-0.3, -0.25) is 0 Å². The van der Waals surface area contributed by atoms with Crippen LogP contribution in [0.1, 0.15) is 46.5 Å². The van der Waals surface area contributed by atoms with Gasteiger partial charge in [-0.1, -0.05) is 27.2 Å². The van der Waals surface area contributed by atoms with E-state index in [2.05, 4.69) is 25.7 Å². The minimum Gasteiger partial charge on any atom is -0.393 e. The summed E-state index contributed by atoms with van der Waals surface area (Å²) in [5, 5.41) is 9.79. The molecule has 1 aliphatic heterocycles. The molecule has 0 aromatic rings. The van der Waals surface area contributed by atoms with Crippen LogP contribution in [0.15, 0.2) is 0 Å². The van der Waals surface area contributed by atoms with E-state index >= 15 is 0 Å². The molecule has 1 saturated heterocycles. The zero-order valence-corrected chi connectivity index (χ0v) is 12.2. The average molecular weight is 254 g/mol. The van der Waals surface area contributed by atoms with Gasteiger partial charge < -0.3 is 15.7 Å². The monoisotopic (exact) mass is 254 g/mol. The molecule has 0 aromatic carbocycles. The van der Waals surface area contributed by atoms with Crippen LogP contribution in [0.25, 0.3) is 0 Å². The number of aliphatic hydroxyl groups is 1. The van der Waals surface area contributed by atoms with E-state index in [9.17, 15) is 5.11 Å². The second kappa shape index (κ2) is 5.48. The Labute approximate surface area is 112 Å². The van der Waals surface area contributed by atoms with Crippen molar-refractivity contribution < 1.29 is 5.11 Å². The molecule has 106 valence electrons. The van der Waals surface area contributed by atoms with Gasteiger partial charge in [-0.25, -0.2) is 0 Å². The van der Waals surface area contributed by atoms with E-state index in [1.165, 1.54) is 19.3 Å². The maximum atomic E-state index is 9.79. The third-order valence-corrected chi connectivity index (χ3v) is 5.24. The van der Waals surface area contributed by atoms with Crippen LogP contribution in [-0.2, 0) is 0 Å². The van der Waals surface area contributed by atoms with E-state index in [-0.39, 0.29) is 6.10 Å². The summed E-state index contributed by atoms with van der Waals surface area (Å²) in [6.07, 6.45) is 4.68. The summed E-state index contributed by atoms with van der Waals surface area (Å²) >= 11 is 0. The molecule has 1 heterocycles. The van der Waals surface area contributed by atoms with Gasteiger partial charge in [0.2, 0.25) is 0 Å². The van der Waals surface area contributed by atoms with Crippen molar-refractivity contribution in [2.75, 3.05) is 19.6 Å². The Kier molecular flexibility index (Phi) is 4.35. The summed E-state index contributed by atoms with van der Waals surface area (Å²) in [4.78, 5) is 2.52. The molecule has 3 N–H and O–H groups in total. The summed E-state index contributed by atoms with van der Waals surface area (Å²) in [5.41, 5.74) is 6.76. The summed E-state index contributed by atoms with van der Waals surface area (Å²) in [6, 6.07) is 0.327. The van der Waals surface area contributed by atoms with E-state index in [0.717, 1.165) is 26.1 Å². The molecule has 1 saturated carbocycles. The molecular formula is C15H30N2O. The Balaban J connectivity index is 1.89. The minimum atomic E-state index is -0.0993. The molecule has 1 aliphatic carbocycles. The highest BCUT2D eigenvalue weighted by molar-refractivity contribution is 4.93. The smallest absolute Gasteiger partial charge is 0.0590 e. The molecule has 2 aliphatic rings. The molecule has 3 heteroatoms. The summed E-state index contributed by atoms with van der Waals surface area (Å²) < 4.78 is 0. The van der Waals surface area contributed by atoms with Gasteiger partial charge in [-0.2, -0.15) is 0 Å². The molecule has 18 heavy (non-hydrogen) atoms. The Morgan fingerprint density at radius 2 is 2.06 bits per heavy atom. The molecule has 2 fully saturated rings. The SMILES string of the molecule is CC1CN(CC2CCCC(C)(C)C2N)CCC1O. The first-order valence-electron chi connectivity index (χ1n) is 7.56. The fourth-order valence-corrected chi connectivity index (χ4v) is 3.73. The first kappa shape index (κ1) is 14.3. The normalized spacial score (nSPS) is 41.8. The van der Waals surface area contributed by atoms with Crippen molar-refractivity contribution in [3.63, 3.8) is 0 Å². The predicted molar refractivity (Wildman–Crippen MR) is 75.3 cm³/mol. The Morgan fingerprint density at radius 1 is 1.33 bits per heavy atom. The lowest BCUT2D eigenvalue weighted by Crippen LogP contribution is -2.52. The largest absolute Gasteiger partial charge is 0.393 e. The van der Waals surface area contributed by atoms with Crippen LogP contribution in [0.4, 0.5) is 0 Å². The zero-order chi connectivity index (χ0) is 13.3. The van der Waals surface area contributed by atoms with Crippen molar-refractivity contribution in [1.29, 1.82) is 0 Å². The average Bonchev–Trinajstić information content (AvgIpc) is 2.30. The minimum absolute atomic E-state index is 0.0993. The van der Waals surface area contributed by atoms with E-state index in [0.29, 0.717) is 23.3 Å². The number of aliphatic hydroxyl groups excluding tert-OH is 1. The van der Waals surface area contributed by atoms with Gasteiger partial charge in [0.05, 0.1) is 6.10 Å². The van der Waals surface area contributed by atoms with E-state index < -0.39 is 0 Å². The molecule has 0 radical (unpaired) electrons. The molecular weight excluding hydrogens is 224 g/mol. The van der Waals surface area contributed by atoms with Crippen molar-refractivity contribution in [2.45, 2.75) is 58.6 Å². The lowest BCUT2D eigenvalue weighted by Gasteiger charge is -2.45. The van der Waals surface area contributed by atoms with E-state index in [1.54, 1.807) is 0 Å². The van der Waals surface area contributed by atoms with Crippen molar-refractivity contribution in [3.05, 3.63) is 0 Å². The van der Waals surface area contributed by atoms with Crippen LogP contribution < -0.4 is 5.73 Å². The quantitative estimate of drug-likeness (QED) is 0.790. The fraction of sp³-hybridized carbons (Fsp3) is 1.00. The van der Waals surface area contributed by atoms with Gasteiger partial charge in [0.25, 0.3) is 0 Å². The maximum Gasteiger partial charge on any atom is 0.0590 e. The first-order chi connectivity index (χ1) is 8.40. The topological polar surface area (TPSA) is 49.5 Å².